The van der Waals surface area contributed by atoms with Gasteiger partial charge < -0.3 is 19.7 Å². The molecule has 6 aliphatic rings. The maximum Gasteiger partial charge on any atom is 0.171 e. The summed E-state index contributed by atoms with van der Waals surface area (Å²) in [5.41, 5.74) is 0.00540. The maximum absolute atomic E-state index is 13.4. The van der Waals surface area contributed by atoms with E-state index in [4.69, 9.17) is 9.47 Å². The number of aliphatic hydroxyl groups is 2. The Balaban J connectivity index is 1.29. The van der Waals surface area contributed by atoms with Gasteiger partial charge in [-0.2, -0.15) is 0 Å². The zero-order valence-corrected chi connectivity index (χ0v) is 20.3. The summed E-state index contributed by atoms with van der Waals surface area (Å²) in [5.74, 6) is 2.69. The number of ketones is 1. The molecule has 6 fully saturated rings. The highest BCUT2D eigenvalue weighted by molar-refractivity contribution is 5.83. The SMILES string of the molecule is CC1CC[C@@]2(OC1)OC1C[C@H]3[C@@H]4CC(=O)[C@H]5C[C@H](O)[C@H](O)C[C@]5(C)[C@H]4CC[C@]3(C)[C@H]1[C@@H]2C. The first-order valence-corrected chi connectivity index (χ1v) is 13.3. The van der Waals surface area contributed by atoms with Crippen LogP contribution in [0.15, 0.2) is 0 Å². The van der Waals surface area contributed by atoms with Gasteiger partial charge in [0.2, 0.25) is 0 Å². The lowest BCUT2D eigenvalue weighted by Gasteiger charge is -2.61. The molecule has 5 nitrogen and oxygen atoms in total. The van der Waals surface area contributed by atoms with Gasteiger partial charge in [0.15, 0.2) is 5.79 Å². The monoisotopic (exact) mass is 446 g/mol. The molecule has 0 aromatic heterocycles. The fraction of sp³-hybridized carbons (Fsp3) is 0.963. The van der Waals surface area contributed by atoms with Crippen LogP contribution in [0.3, 0.4) is 0 Å². The van der Waals surface area contributed by atoms with E-state index in [1.807, 2.05) is 0 Å². The molecule has 0 aromatic carbocycles. The lowest BCUT2D eigenvalue weighted by Crippen LogP contribution is -2.59. The van der Waals surface area contributed by atoms with E-state index in [-0.39, 0.29) is 22.9 Å². The highest BCUT2D eigenvalue weighted by Crippen LogP contribution is 2.71. The first kappa shape index (κ1) is 22.0. The van der Waals surface area contributed by atoms with E-state index >= 15 is 0 Å². The van der Waals surface area contributed by atoms with E-state index in [1.165, 1.54) is 12.8 Å². The Kier molecular flexibility index (Phi) is 4.83. The van der Waals surface area contributed by atoms with Crippen LogP contribution in [0, 0.1) is 52.3 Å². The molecule has 0 bridgehead atoms. The Hall–Kier alpha value is -0.490. The smallest absolute Gasteiger partial charge is 0.171 e. The number of Topliss-reactive ketones (excluding diaryl/α,β-unsaturated/α-hetero) is 1. The van der Waals surface area contributed by atoms with E-state index in [9.17, 15) is 15.0 Å². The number of carbonyl (C=O) groups excluding carboxylic acids is 1. The second-order valence-corrected chi connectivity index (χ2v) is 13.2. The molecule has 0 amide bonds. The van der Waals surface area contributed by atoms with E-state index < -0.39 is 18.0 Å². The Morgan fingerprint density at radius 1 is 0.969 bits per heavy atom. The highest BCUT2D eigenvalue weighted by Gasteiger charge is 2.70. The Morgan fingerprint density at radius 2 is 1.75 bits per heavy atom. The molecule has 180 valence electrons. The van der Waals surface area contributed by atoms with Crippen LogP contribution in [0.2, 0.25) is 0 Å². The number of ether oxygens (including phenoxy) is 2. The Labute approximate surface area is 192 Å². The highest BCUT2D eigenvalue weighted by atomic mass is 16.7. The Morgan fingerprint density at radius 3 is 2.47 bits per heavy atom. The summed E-state index contributed by atoms with van der Waals surface area (Å²) in [6.45, 7) is 10.2. The van der Waals surface area contributed by atoms with Crippen LogP contribution in [-0.4, -0.2) is 46.7 Å². The first-order valence-electron chi connectivity index (χ1n) is 13.3. The Bertz CT molecular complexity index is 789. The van der Waals surface area contributed by atoms with Crippen LogP contribution in [0.5, 0.6) is 0 Å². The van der Waals surface area contributed by atoms with Crippen LogP contribution < -0.4 is 0 Å². The van der Waals surface area contributed by atoms with Crippen molar-refractivity contribution in [1.82, 2.24) is 0 Å². The van der Waals surface area contributed by atoms with Crippen molar-refractivity contribution in [3.8, 4) is 0 Å². The molecule has 2 aliphatic heterocycles. The minimum absolute atomic E-state index is 0.0940. The van der Waals surface area contributed by atoms with E-state index in [0.717, 1.165) is 25.9 Å². The summed E-state index contributed by atoms with van der Waals surface area (Å²) in [6, 6.07) is 0. The van der Waals surface area contributed by atoms with Crippen LogP contribution >= 0.6 is 0 Å². The summed E-state index contributed by atoms with van der Waals surface area (Å²) >= 11 is 0. The molecule has 5 heteroatoms. The van der Waals surface area contributed by atoms with Crippen molar-refractivity contribution >= 4 is 5.78 Å². The lowest BCUT2D eigenvalue weighted by atomic mass is 9.44. The molecule has 0 radical (unpaired) electrons. The third kappa shape index (κ3) is 2.74. The molecular weight excluding hydrogens is 404 g/mol. The van der Waals surface area contributed by atoms with Crippen molar-refractivity contribution < 1.29 is 24.5 Å². The van der Waals surface area contributed by atoms with Crippen molar-refractivity contribution in [2.45, 2.75) is 103 Å². The summed E-state index contributed by atoms with van der Waals surface area (Å²) in [5, 5.41) is 20.8. The van der Waals surface area contributed by atoms with Crippen molar-refractivity contribution in [2.24, 2.45) is 52.3 Å². The molecule has 0 aromatic rings. The van der Waals surface area contributed by atoms with Gasteiger partial charge in [0.05, 0.1) is 24.9 Å². The second kappa shape index (κ2) is 7.02. The molecule has 2 unspecified atom stereocenters. The molecule has 4 saturated carbocycles. The number of carbonyl (C=O) groups is 1. The quantitative estimate of drug-likeness (QED) is 0.589. The van der Waals surface area contributed by atoms with E-state index in [0.29, 0.717) is 60.6 Å². The molecule has 2 heterocycles. The molecule has 13 atom stereocenters. The van der Waals surface area contributed by atoms with Gasteiger partial charge in [-0.05, 0) is 78.9 Å². The number of hydrogen-bond donors (Lipinski definition) is 2. The normalized spacial score (nSPS) is 61.8. The van der Waals surface area contributed by atoms with Gasteiger partial charge in [-0.1, -0.05) is 27.7 Å². The molecular formula is C27H42O5. The minimum Gasteiger partial charge on any atom is -0.390 e. The predicted molar refractivity (Wildman–Crippen MR) is 120 cm³/mol. The third-order valence-corrected chi connectivity index (χ3v) is 11.7. The van der Waals surface area contributed by atoms with Gasteiger partial charge in [-0.15, -0.1) is 0 Å². The van der Waals surface area contributed by atoms with Crippen LogP contribution in [0.25, 0.3) is 0 Å². The fourth-order valence-electron chi connectivity index (χ4n) is 10.1. The molecule has 1 spiro atoms. The van der Waals surface area contributed by atoms with E-state index in [1.54, 1.807) is 0 Å². The topological polar surface area (TPSA) is 76.0 Å². The van der Waals surface area contributed by atoms with Gasteiger partial charge >= 0.3 is 0 Å². The molecule has 2 saturated heterocycles. The van der Waals surface area contributed by atoms with Gasteiger partial charge in [-0.25, -0.2) is 0 Å². The average Bonchev–Trinajstić information content (AvgIpc) is 3.18. The minimum atomic E-state index is -0.753. The number of fused-ring (bicyclic) bond motifs is 7. The zero-order chi connectivity index (χ0) is 22.6. The second-order valence-electron chi connectivity index (χ2n) is 13.2. The fourth-order valence-corrected chi connectivity index (χ4v) is 10.1. The molecule has 2 N–H and O–H groups in total. The molecule has 6 rings (SSSR count). The number of aliphatic hydroxyl groups excluding tert-OH is 2. The van der Waals surface area contributed by atoms with Crippen LogP contribution in [0.4, 0.5) is 0 Å². The van der Waals surface area contributed by atoms with Crippen molar-refractivity contribution in [3.63, 3.8) is 0 Å². The standard InChI is InChI=1S/C27H42O5/c1-14-5-8-27(31-13-14)15(2)24-23(32-27)11-18-16-9-20(28)19-10-21(29)22(30)12-26(19,4)17(16)6-7-25(18,24)3/h14-19,21-24,29-30H,5-13H2,1-4H3/t14?,15-,16+,17-,18-,19+,21-,22+,23?,24-,25-,26+,27+/m0/s1. The van der Waals surface area contributed by atoms with Crippen LogP contribution in [-0.2, 0) is 14.3 Å². The summed E-state index contributed by atoms with van der Waals surface area (Å²) in [6.07, 6.45) is 5.97. The van der Waals surface area contributed by atoms with E-state index in [2.05, 4.69) is 27.7 Å². The number of rotatable bonds is 0. The summed E-state index contributed by atoms with van der Waals surface area (Å²) < 4.78 is 13.2. The van der Waals surface area contributed by atoms with Gasteiger partial charge in [0.25, 0.3) is 0 Å². The molecule has 32 heavy (non-hydrogen) atoms. The predicted octanol–water partition coefficient (Wildman–Crippen LogP) is 3.94. The molecule has 4 aliphatic carbocycles. The van der Waals surface area contributed by atoms with Crippen molar-refractivity contribution in [2.75, 3.05) is 6.61 Å². The maximum atomic E-state index is 13.4. The lowest BCUT2D eigenvalue weighted by molar-refractivity contribution is -0.273. The van der Waals surface area contributed by atoms with Crippen molar-refractivity contribution in [1.29, 1.82) is 0 Å². The zero-order valence-electron chi connectivity index (χ0n) is 20.3. The van der Waals surface area contributed by atoms with Crippen molar-refractivity contribution in [3.05, 3.63) is 0 Å². The summed E-state index contributed by atoms with van der Waals surface area (Å²) in [4.78, 5) is 13.4. The van der Waals surface area contributed by atoms with Crippen LogP contribution in [0.1, 0.15) is 79.1 Å². The third-order valence-electron chi connectivity index (χ3n) is 11.7. The first-order chi connectivity index (χ1) is 15.1. The van der Waals surface area contributed by atoms with Gasteiger partial charge in [-0.3, -0.25) is 4.79 Å². The largest absolute Gasteiger partial charge is 0.390 e. The van der Waals surface area contributed by atoms with Gasteiger partial charge in [0.1, 0.15) is 5.78 Å². The number of hydrogen-bond acceptors (Lipinski definition) is 5. The average molecular weight is 447 g/mol. The summed E-state index contributed by atoms with van der Waals surface area (Å²) in [7, 11) is 0. The van der Waals surface area contributed by atoms with Gasteiger partial charge in [0, 0.05) is 24.7 Å².